The van der Waals surface area contributed by atoms with E-state index in [9.17, 15) is 9.59 Å². The zero-order chi connectivity index (χ0) is 7.28. The van der Waals surface area contributed by atoms with Crippen LogP contribution in [0.3, 0.4) is 0 Å². The molecule has 51 valence electrons. The summed E-state index contributed by atoms with van der Waals surface area (Å²) in [5.41, 5.74) is 0. The van der Waals surface area contributed by atoms with Crippen LogP contribution in [0.4, 0.5) is 4.79 Å². The molecule has 0 fully saturated rings. The monoisotopic (exact) mass is 129 g/mol. The average molecular weight is 129 g/mol. The molecule has 9 heavy (non-hydrogen) atoms. The number of hydrogen-bond acceptors (Lipinski definition) is 2. The van der Waals surface area contributed by atoms with Gasteiger partial charge >= 0.3 is 6.03 Å². The van der Waals surface area contributed by atoms with Crippen molar-refractivity contribution in [3.63, 3.8) is 0 Å². The Kier molecular flexibility index (Phi) is 3.43. The zero-order valence-electron chi connectivity index (χ0n) is 5.47. The summed E-state index contributed by atoms with van der Waals surface area (Å²) in [7, 11) is 3.02. The molecule has 0 aromatic heterocycles. The van der Waals surface area contributed by atoms with Crippen molar-refractivity contribution in [1.82, 2.24) is 10.2 Å². The Morgan fingerprint density at radius 1 is 1.78 bits per heavy atom. The summed E-state index contributed by atoms with van der Waals surface area (Å²) < 4.78 is 0. The molecule has 2 amide bonds. The van der Waals surface area contributed by atoms with Gasteiger partial charge in [0.1, 0.15) is 0 Å². The van der Waals surface area contributed by atoms with Crippen LogP contribution >= 0.6 is 0 Å². The highest BCUT2D eigenvalue weighted by atomic mass is 16.2. The molecule has 1 N–H and O–H groups in total. The second kappa shape index (κ2) is 3.88. The van der Waals surface area contributed by atoms with E-state index in [2.05, 4.69) is 5.32 Å². The summed E-state index contributed by atoms with van der Waals surface area (Å²) >= 11 is 0. The van der Waals surface area contributed by atoms with E-state index >= 15 is 0 Å². The van der Waals surface area contributed by atoms with E-state index in [-0.39, 0.29) is 12.6 Å². The average Bonchev–Trinajstić information content (AvgIpc) is 1.87. The minimum absolute atomic E-state index is 0.0136. The standard InChI is InChI=1S/C5H9N2O2/c1-6-5(9)7(2)3-4-8/h3H2,1-2H3,(H,6,9). The highest BCUT2D eigenvalue weighted by Gasteiger charge is 2.02. The van der Waals surface area contributed by atoms with Crippen molar-refractivity contribution in [3.05, 3.63) is 0 Å². The number of hydrogen-bond donors (Lipinski definition) is 1. The van der Waals surface area contributed by atoms with Crippen molar-refractivity contribution in [2.75, 3.05) is 20.6 Å². The Hall–Kier alpha value is -1.06. The maximum Gasteiger partial charge on any atom is 0.317 e. The third kappa shape index (κ3) is 2.69. The molecular weight excluding hydrogens is 120 g/mol. The maximum absolute atomic E-state index is 10.5. The predicted octanol–water partition coefficient (Wildman–Crippen LogP) is -0.633. The van der Waals surface area contributed by atoms with Crippen molar-refractivity contribution in [1.29, 1.82) is 0 Å². The molecule has 4 heteroatoms. The summed E-state index contributed by atoms with van der Waals surface area (Å²) in [4.78, 5) is 21.5. The van der Waals surface area contributed by atoms with Gasteiger partial charge in [0.25, 0.3) is 0 Å². The Morgan fingerprint density at radius 3 is 2.67 bits per heavy atom. The summed E-state index contributed by atoms with van der Waals surface area (Å²) in [5.74, 6) is 0. The number of amides is 2. The fraction of sp³-hybridized carbons (Fsp3) is 0.600. The minimum Gasteiger partial charge on any atom is -0.341 e. The highest BCUT2D eigenvalue weighted by Crippen LogP contribution is 1.77. The lowest BCUT2D eigenvalue weighted by molar-refractivity contribution is 0.216. The van der Waals surface area contributed by atoms with E-state index in [0.717, 1.165) is 0 Å². The number of likely N-dealkylation sites (N-methyl/N-ethyl adjacent to an activating group) is 1. The molecule has 0 saturated carbocycles. The van der Waals surface area contributed by atoms with Gasteiger partial charge in [0.05, 0.1) is 6.54 Å². The van der Waals surface area contributed by atoms with Gasteiger partial charge in [-0.25, -0.2) is 4.79 Å². The molecule has 0 rings (SSSR count). The largest absolute Gasteiger partial charge is 0.341 e. The first kappa shape index (κ1) is 7.94. The summed E-state index contributed by atoms with van der Waals surface area (Å²) in [6.45, 7) is 0.0136. The van der Waals surface area contributed by atoms with Crippen molar-refractivity contribution >= 4 is 12.3 Å². The first-order valence-electron chi connectivity index (χ1n) is 2.50. The maximum atomic E-state index is 10.5. The lowest BCUT2D eigenvalue weighted by Crippen LogP contribution is -2.35. The van der Waals surface area contributed by atoms with Gasteiger partial charge in [0, 0.05) is 14.1 Å². The number of carbonyl (C=O) groups is 1. The Labute approximate surface area is 53.8 Å². The minimum atomic E-state index is -0.279. The Morgan fingerprint density at radius 2 is 2.33 bits per heavy atom. The molecular formula is C5H9N2O2. The van der Waals surface area contributed by atoms with Gasteiger partial charge in [-0.3, -0.25) is 4.79 Å². The topological polar surface area (TPSA) is 49.4 Å². The van der Waals surface area contributed by atoms with Crippen molar-refractivity contribution in [3.8, 4) is 0 Å². The van der Waals surface area contributed by atoms with Crippen LogP contribution < -0.4 is 5.32 Å². The second-order valence-electron chi connectivity index (χ2n) is 1.56. The summed E-state index contributed by atoms with van der Waals surface area (Å²) in [5, 5.41) is 2.36. The van der Waals surface area contributed by atoms with Crippen molar-refractivity contribution < 1.29 is 9.59 Å². The molecule has 0 aromatic carbocycles. The van der Waals surface area contributed by atoms with Crippen LogP contribution in [0, 0.1) is 0 Å². The van der Waals surface area contributed by atoms with E-state index in [1.807, 2.05) is 0 Å². The molecule has 0 atom stereocenters. The number of rotatable bonds is 2. The molecule has 0 heterocycles. The first-order valence-corrected chi connectivity index (χ1v) is 2.50. The fourth-order valence-corrected chi connectivity index (χ4v) is 0.359. The molecule has 0 spiro atoms. The Balaban J connectivity index is 3.58. The third-order valence-corrected chi connectivity index (χ3v) is 0.862. The van der Waals surface area contributed by atoms with Crippen LogP contribution in [0.25, 0.3) is 0 Å². The molecule has 0 aromatic rings. The number of urea groups is 1. The van der Waals surface area contributed by atoms with Crippen LogP contribution in [0.5, 0.6) is 0 Å². The molecule has 0 aliphatic rings. The lowest BCUT2D eigenvalue weighted by atomic mass is 10.6. The smallest absolute Gasteiger partial charge is 0.317 e. The van der Waals surface area contributed by atoms with Crippen molar-refractivity contribution in [2.24, 2.45) is 0 Å². The highest BCUT2D eigenvalue weighted by molar-refractivity contribution is 5.76. The van der Waals surface area contributed by atoms with E-state index in [1.54, 1.807) is 6.29 Å². The van der Waals surface area contributed by atoms with Gasteiger partial charge in [-0.2, -0.15) is 0 Å². The number of nitrogens with one attached hydrogen (secondary N) is 1. The normalized spacial score (nSPS) is 8.22. The van der Waals surface area contributed by atoms with Crippen LogP contribution in [-0.2, 0) is 4.79 Å². The molecule has 0 bridgehead atoms. The van der Waals surface area contributed by atoms with Gasteiger partial charge in [0.15, 0.2) is 0 Å². The summed E-state index contributed by atoms with van der Waals surface area (Å²) in [6, 6.07) is -0.279. The SMILES string of the molecule is CNC(=O)N(C)C[C]=O. The van der Waals surface area contributed by atoms with Crippen LogP contribution in [0.15, 0.2) is 0 Å². The molecule has 0 aliphatic carbocycles. The first-order chi connectivity index (χ1) is 4.22. The molecule has 1 radical (unpaired) electrons. The molecule has 0 saturated heterocycles. The van der Waals surface area contributed by atoms with Gasteiger partial charge < -0.3 is 10.2 Å². The van der Waals surface area contributed by atoms with Gasteiger partial charge in [-0.1, -0.05) is 0 Å². The zero-order valence-corrected chi connectivity index (χ0v) is 5.47. The van der Waals surface area contributed by atoms with Crippen LogP contribution in [0.1, 0.15) is 0 Å². The number of carbonyl (C=O) groups excluding carboxylic acids is 2. The van der Waals surface area contributed by atoms with Gasteiger partial charge in [0.2, 0.25) is 6.29 Å². The van der Waals surface area contributed by atoms with E-state index in [0.29, 0.717) is 0 Å². The van der Waals surface area contributed by atoms with Gasteiger partial charge in [-0.05, 0) is 0 Å². The third-order valence-electron chi connectivity index (χ3n) is 0.862. The second-order valence-corrected chi connectivity index (χ2v) is 1.56. The van der Waals surface area contributed by atoms with E-state index in [4.69, 9.17) is 0 Å². The lowest BCUT2D eigenvalue weighted by Gasteiger charge is -2.10. The van der Waals surface area contributed by atoms with Crippen LogP contribution in [-0.4, -0.2) is 37.9 Å². The predicted molar refractivity (Wildman–Crippen MR) is 32.8 cm³/mol. The Bertz CT molecular complexity index is 114. The van der Waals surface area contributed by atoms with E-state index in [1.165, 1.54) is 19.0 Å². The van der Waals surface area contributed by atoms with Crippen LogP contribution in [0.2, 0.25) is 0 Å². The molecule has 0 unspecified atom stereocenters. The van der Waals surface area contributed by atoms with Gasteiger partial charge in [-0.15, -0.1) is 0 Å². The fourth-order valence-electron chi connectivity index (χ4n) is 0.359. The quantitative estimate of drug-likeness (QED) is 0.539. The van der Waals surface area contributed by atoms with Crippen molar-refractivity contribution in [2.45, 2.75) is 0 Å². The molecule has 0 aliphatic heterocycles. The molecule has 4 nitrogen and oxygen atoms in total. The van der Waals surface area contributed by atoms with E-state index < -0.39 is 0 Å². The summed E-state index contributed by atoms with van der Waals surface area (Å²) in [6.07, 6.45) is 1.60. The number of nitrogens with zero attached hydrogens (tertiary/aromatic N) is 1.